The Balaban J connectivity index is 1.77. The lowest BCUT2D eigenvalue weighted by Gasteiger charge is -2.23. The Morgan fingerprint density at radius 1 is 0.889 bits per heavy atom. The van der Waals surface area contributed by atoms with Crippen LogP contribution in [0.25, 0.3) is 22.5 Å². The maximum absolute atomic E-state index is 11.8. The van der Waals surface area contributed by atoms with Crippen LogP contribution < -0.4 is 4.90 Å². The van der Waals surface area contributed by atoms with Crippen molar-refractivity contribution in [3.63, 3.8) is 0 Å². The summed E-state index contributed by atoms with van der Waals surface area (Å²) < 4.78 is 23.6. The van der Waals surface area contributed by atoms with Gasteiger partial charge in [-0.25, -0.2) is 13.4 Å². The average Bonchev–Trinajstić information content (AvgIpc) is 3.08. The van der Waals surface area contributed by atoms with E-state index >= 15 is 0 Å². The smallest absolute Gasteiger partial charge is 0.245 e. The molecular formula is C20H20N4O2S. The van der Waals surface area contributed by atoms with E-state index in [2.05, 4.69) is 10.2 Å². The van der Waals surface area contributed by atoms with Crippen molar-refractivity contribution in [1.29, 1.82) is 0 Å². The molecule has 2 heterocycles. The molecule has 27 heavy (non-hydrogen) atoms. The second kappa shape index (κ2) is 7.08. The van der Waals surface area contributed by atoms with Gasteiger partial charge >= 0.3 is 0 Å². The summed E-state index contributed by atoms with van der Waals surface area (Å²) in [5.41, 5.74) is 3.33. The summed E-state index contributed by atoms with van der Waals surface area (Å²) in [7, 11) is -1.15. The molecule has 1 saturated heterocycles. The summed E-state index contributed by atoms with van der Waals surface area (Å²) in [5, 5.41) is 8.75. The van der Waals surface area contributed by atoms with Crippen LogP contribution in [-0.4, -0.2) is 48.2 Å². The minimum atomic E-state index is -2.98. The number of benzene rings is 2. The lowest BCUT2D eigenvalue weighted by molar-refractivity contribution is 0.600. The summed E-state index contributed by atoms with van der Waals surface area (Å²) in [6.07, 6.45) is 0.587. The topological polar surface area (TPSA) is 76.1 Å². The van der Waals surface area contributed by atoms with Gasteiger partial charge in [0.25, 0.3) is 0 Å². The molecule has 6 nitrogen and oxygen atoms in total. The third-order valence-electron chi connectivity index (χ3n) is 4.84. The fraction of sp³-hybridized carbons (Fsp3) is 0.250. The fourth-order valence-corrected chi connectivity index (χ4v) is 5.07. The van der Waals surface area contributed by atoms with Crippen molar-refractivity contribution in [2.75, 3.05) is 23.5 Å². The minimum absolute atomic E-state index is 0.122. The normalized spacial score (nSPS) is 18.3. The molecule has 1 aromatic heterocycles. The van der Waals surface area contributed by atoms with E-state index in [0.29, 0.717) is 18.1 Å². The van der Waals surface area contributed by atoms with Gasteiger partial charge in [0.05, 0.1) is 11.5 Å². The monoisotopic (exact) mass is 380 g/mol. The van der Waals surface area contributed by atoms with Gasteiger partial charge in [0.1, 0.15) is 11.4 Å². The molecule has 4 rings (SSSR count). The number of anilines is 1. The molecule has 2 aromatic carbocycles. The van der Waals surface area contributed by atoms with Gasteiger partial charge in [-0.3, -0.25) is 0 Å². The predicted molar refractivity (Wildman–Crippen MR) is 106 cm³/mol. The van der Waals surface area contributed by atoms with Gasteiger partial charge in [0, 0.05) is 24.2 Å². The van der Waals surface area contributed by atoms with Crippen LogP contribution in [0.15, 0.2) is 60.7 Å². The number of aromatic nitrogens is 3. The van der Waals surface area contributed by atoms with Crippen LogP contribution in [0.4, 0.5) is 5.95 Å². The van der Waals surface area contributed by atoms with Crippen molar-refractivity contribution in [1.82, 2.24) is 15.2 Å². The molecular weight excluding hydrogens is 360 g/mol. The van der Waals surface area contributed by atoms with Crippen LogP contribution in [0.2, 0.25) is 0 Å². The molecule has 0 bridgehead atoms. The molecule has 138 valence electrons. The first kappa shape index (κ1) is 17.6. The molecule has 1 unspecified atom stereocenters. The van der Waals surface area contributed by atoms with Gasteiger partial charge in [-0.05, 0) is 6.42 Å². The summed E-state index contributed by atoms with van der Waals surface area (Å²) in [6, 6.07) is 19.5. The number of hydrogen-bond acceptors (Lipinski definition) is 6. The quantitative estimate of drug-likeness (QED) is 0.693. The third-order valence-corrected chi connectivity index (χ3v) is 6.59. The lowest BCUT2D eigenvalue weighted by Crippen LogP contribution is -2.34. The molecule has 1 atom stereocenters. The zero-order chi connectivity index (χ0) is 18.9. The highest BCUT2D eigenvalue weighted by Gasteiger charge is 2.32. The van der Waals surface area contributed by atoms with E-state index in [9.17, 15) is 8.42 Å². The van der Waals surface area contributed by atoms with Crippen LogP contribution in [0, 0.1) is 0 Å². The van der Waals surface area contributed by atoms with Gasteiger partial charge < -0.3 is 4.90 Å². The highest BCUT2D eigenvalue weighted by atomic mass is 32.2. The fourth-order valence-electron chi connectivity index (χ4n) is 3.30. The number of sulfone groups is 1. The van der Waals surface area contributed by atoms with E-state index in [4.69, 9.17) is 4.98 Å². The van der Waals surface area contributed by atoms with Gasteiger partial charge in [0.2, 0.25) is 5.95 Å². The van der Waals surface area contributed by atoms with Crippen molar-refractivity contribution in [3.05, 3.63) is 60.7 Å². The van der Waals surface area contributed by atoms with E-state index in [-0.39, 0.29) is 17.5 Å². The number of rotatable bonds is 4. The summed E-state index contributed by atoms with van der Waals surface area (Å²) >= 11 is 0. The SMILES string of the molecule is CN(c1nnc(-c2ccccc2)c(-c2ccccc2)n1)C1CCS(=O)(=O)C1. The molecule has 0 N–H and O–H groups in total. The molecule has 1 fully saturated rings. The highest BCUT2D eigenvalue weighted by molar-refractivity contribution is 7.91. The van der Waals surface area contributed by atoms with Gasteiger partial charge in [-0.1, -0.05) is 60.7 Å². The maximum Gasteiger partial charge on any atom is 0.245 e. The molecule has 0 amide bonds. The standard InChI is InChI=1S/C20H20N4O2S/c1-24(17-12-13-27(25,26)14-17)20-21-18(15-8-4-2-5-9-15)19(22-23-20)16-10-6-3-7-11-16/h2-11,17H,12-14H2,1H3. The minimum Gasteiger partial charge on any atom is -0.339 e. The Kier molecular flexibility index (Phi) is 4.61. The summed E-state index contributed by atoms with van der Waals surface area (Å²) in [4.78, 5) is 6.60. The Morgan fingerprint density at radius 2 is 1.48 bits per heavy atom. The van der Waals surface area contributed by atoms with Crippen LogP contribution in [0.1, 0.15) is 6.42 Å². The van der Waals surface area contributed by atoms with Crippen LogP contribution in [-0.2, 0) is 9.84 Å². The average molecular weight is 380 g/mol. The number of hydrogen-bond donors (Lipinski definition) is 0. The Bertz CT molecular complexity index is 1040. The van der Waals surface area contributed by atoms with E-state index in [1.165, 1.54) is 0 Å². The Labute approximate surface area is 158 Å². The van der Waals surface area contributed by atoms with Gasteiger partial charge in [-0.2, -0.15) is 0 Å². The Morgan fingerprint density at radius 3 is 2.04 bits per heavy atom. The van der Waals surface area contributed by atoms with Crippen LogP contribution >= 0.6 is 0 Å². The molecule has 1 aliphatic rings. The van der Waals surface area contributed by atoms with Crippen molar-refractivity contribution in [3.8, 4) is 22.5 Å². The lowest BCUT2D eigenvalue weighted by atomic mass is 10.0. The summed E-state index contributed by atoms with van der Waals surface area (Å²) in [5.74, 6) is 0.785. The van der Waals surface area contributed by atoms with Crippen molar-refractivity contribution < 1.29 is 8.42 Å². The molecule has 1 aliphatic heterocycles. The molecule has 0 radical (unpaired) electrons. The number of nitrogens with zero attached hydrogens (tertiary/aromatic N) is 4. The summed E-state index contributed by atoms with van der Waals surface area (Å²) in [6.45, 7) is 0. The van der Waals surface area contributed by atoms with Crippen LogP contribution in [0.3, 0.4) is 0 Å². The van der Waals surface area contributed by atoms with E-state index in [0.717, 1.165) is 16.8 Å². The van der Waals surface area contributed by atoms with E-state index < -0.39 is 9.84 Å². The third kappa shape index (κ3) is 3.68. The predicted octanol–water partition coefficient (Wildman–Crippen LogP) is 2.83. The Hall–Kier alpha value is -2.80. The van der Waals surface area contributed by atoms with E-state index in [1.807, 2.05) is 72.6 Å². The first-order chi connectivity index (χ1) is 13.0. The molecule has 7 heteroatoms. The molecule has 0 spiro atoms. The zero-order valence-electron chi connectivity index (χ0n) is 15.0. The molecule has 3 aromatic rings. The molecule has 0 aliphatic carbocycles. The van der Waals surface area contributed by atoms with Crippen molar-refractivity contribution in [2.24, 2.45) is 0 Å². The van der Waals surface area contributed by atoms with Crippen LogP contribution in [0.5, 0.6) is 0 Å². The zero-order valence-corrected chi connectivity index (χ0v) is 15.8. The van der Waals surface area contributed by atoms with Gasteiger partial charge in [-0.15, -0.1) is 10.2 Å². The second-order valence-corrected chi connectivity index (χ2v) is 8.94. The highest BCUT2D eigenvalue weighted by Crippen LogP contribution is 2.30. The maximum atomic E-state index is 11.8. The van der Waals surface area contributed by atoms with Crippen molar-refractivity contribution >= 4 is 15.8 Å². The molecule has 0 saturated carbocycles. The second-order valence-electron chi connectivity index (χ2n) is 6.71. The first-order valence-corrected chi connectivity index (χ1v) is 10.6. The van der Waals surface area contributed by atoms with Gasteiger partial charge in [0.15, 0.2) is 9.84 Å². The largest absolute Gasteiger partial charge is 0.339 e. The first-order valence-electron chi connectivity index (χ1n) is 8.82. The van der Waals surface area contributed by atoms with Crippen molar-refractivity contribution in [2.45, 2.75) is 12.5 Å². The van der Waals surface area contributed by atoms with E-state index in [1.54, 1.807) is 0 Å².